The van der Waals surface area contributed by atoms with E-state index in [9.17, 15) is 4.79 Å². The first kappa shape index (κ1) is 12.0. The number of anilines is 1. The van der Waals surface area contributed by atoms with Gasteiger partial charge in [0.2, 0.25) is 0 Å². The molecule has 1 fully saturated rings. The maximum Gasteiger partial charge on any atom is 0.360 e. The van der Waals surface area contributed by atoms with Gasteiger partial charge in [-0.1, -0.05) is 12.8 Å². The minimum Gasteiger partial charge on any atom is -0.461 e. The van der Waals surface area contributed by atoms with Gasteiger partial charge in [0.25, 0.3) is 0 Å². The van der Waals surface area contributed by atoms with Crippen LogP contribution in [0, 0.1) is 6.92 Å². The second-order valence-electron chi connectivity index (χ2n) is 4.42. The zero-order valence-electron chi connectivity index (χ0n) is 10.4. The van der Waals surface area contributed by atoms with E-state index in [1.54, 1.807) is 6.92 Å². The predicted molar refractivity (Wildman–Crippen MR) is 64.8 cm³/mol. The number of nitrogens with two attached hydrogens (primary N) is 1. The smallest absolute Gasteiger partial charge is 0.360 e. The number of hydrogen-bond acceptors (Lipinski definition) is 4. The zero-order valence-corrected chi connectivity index (χ0v) is 10.4. The van der Waals surface area contributed by atoms with Crippen LogP contribution in [0.3, 0.4) is 0 Å². The van der Waals surface area contributed by atoms with E-state index in [0.29, 0.717) is 18.5 Å². The second kappa shape index (κ2) is 4.77. The summed E-state index contributed by atoms with van der Waals surface area (Å²) in [5, 5.41) is 0. The van der Waals surface area contributed by atoms with Crippen LogP contribution >= 0.6 is 0 Å². The van der Waals surface area contributed by atoms with Crippen LogP contribution in [0.5, 0.6) is 0 Å². The summed E-state index contributed by atoms with van der Waals surface area (Å²) in [5.74, 6) is 0.829. The van der Waals surface area contributed by atoms with Crippen molar-refractivity contribution in [3.8, 4) is 0 Å². The molecular formula is C12H19N3O2. The summed E-state index contributed by atoms with van der Waals surface area (Å²) in [5.41, 5.74) is 6.28. The summed E-state index contributed by atoms with van der Waals surface area (Å²) in [4.78, 5) is 15.9. The fourth-order valence-corrected chi connectivity index (χ4v) is 2.53. The van der Waals surface area contributed by atoms with Gasteiger partial charge in [0, 0.05) is 6.04 Å². The minimum atomic E-state index is -0.426. The van der Waals surface area contributed by atoms with Gasteiger partial charge in [-0.25, -0.2) is 9.78 Å². The molecule has 1 aliphatic rings. The number of esters is 1. The molecule has 0 aliphatic heterocycles. The van der Waals surface area contributed by atoms with Crippen LogP contribution in [-0.2, 0) is 4.74 Å². The molecular weight excluding hydrogens is 218 g/mol. The summed E-state index contributed by atoms with van der Waals surface area (Å²) >= 11 is 0. The Balaban J connectivity index is 2.31. The standard InChI is InChI=1S/C12H19N3O2/c1-3-17-12(16)10-11(13)15(8(2)14-10)9-6-4-5-7-9/h9H,3-7,13H2,1-2H3. The molecule has 0 atom stereocenters. The molecule has 1 heterocycles. The van der Waals surface area contributed by atoms with E-state index < -0.39 is 5.97 Å². The largest absolute Gasteiger partial charge is 0.461 e. The first-order chi connectivity index (χ1) is 8.15. The Morgan fingerprint density at radius 1 is 1.53 bits per heavy atom. The van der Waals surface area contributed by atoms with E-state index in [4.69, 9.17) is 10.5 Å². The molecule has 2 N–H and O–H groups in total. The van der Waals surface area contributed by atoms with Crippen LogP contribution in [0.25, 0.3) is 0 Å². The molecule has 94 valence electrons. The van der Waals surface area contributed by atoms with Crippen LogP contribution in [0.4, 0.5) is 5.82 Å². The molecule has 1 saturated carbocycles. The van der Waals surface area contributed by atoms with Crippen molar-refractivity contribution >= 4 is 11.8 Å². The topological polar surface area (TPSA) is 70.1 Å². The van der Waals surface area contributed by atoms with E-state index in [-0.39, 0.29) is 5.69 Å². The Morgan fingerprint density at radius 2 is 2.18 bits per heavy atom. The highest BCUT2D eigenvalue weighted by Gasteiger charge is 2.25. The molecule has 17 heavy (non-hydrogen) atoms. The summed E-state index contributed by atoms with van der Waals surface area (Å²) in [7, 11) is 0. The third kappa shape index (κ3) is 2.14. The zero-order chi connectivity index (χ0) is 12.4. The Kier molecular flexibility index (Phi) is 3.36. The van der Waals surface area contributed by atoms with Crippen LogP contribution in [-0.4, -0.2) is 22.1 Å². The molecule has 0 radical (unpaired) electrons. The van der Waals surface area contributed by atoms with Gasteiger partial charge < -0.3 is 15.0 Å². The average Bonchev–Trinajstić information content (AvgIpc) is 2.87. The monoisotopic (exact) mass is 237 g/mol. The number of carbonyl (C=O) groups excluding carboxylic acids is 1. The molecule has 2 rings (SSSR count). The van der Waals surface area contributed by atoms with Gasteiger partial charge in [-0.3, -0.25) is 0 Å². The highest BCUT2D eigenvalue weighted by Crippen LogP contribution is 2.33. The fraction of sp³-hybridized carbons (Fsp3) is 0.667. The van der Waals surface area contributed by atoms with E-state index in [1.807, 2.05) is 11.5 Å². The molecule has 1 aromatic heterocycles. The molecule has 0 unspecified atom stereocenters. The van der Waals surface area contributed by atoms with Crippen molar-refractivity contribution < 1.29 is 9.53 Å². The Labute approximate surface area is 101 Å². The predicted octanol–water partition coefficient (Wildman–Crippen LogP) is 2.07. The molecule has 1 aliphatic carbocycles. The van der Waals surface area contributed by atoms with Crippen molar-refractivity contribution in [2.75, 3.05) is 12.3 Å². The third-order valence-corrected chi connectivity index (χ3v) is 3.28. The Hall–Kier alpha value is -1.52. The fourth-order valence-electron chi connectivity index (χ4n) is 2.53. The van der Waals surface area contributed by atoms with Gasteiger partial charge >= 0.3 is 5.97 Å². The van der Waals surface area contributed by atoms with Crippen LogP contribution in [0.2, 0.25) is 0 Å². The normalized spacial score (nSPS) is 16.4. The average molecular weight is 237 g/mol. The van der Waals surface area contributed by atoms with Gasteiger partial charge in [-0.2, -0.15) is 0 Å². The number of nitrogens with zero attached hydrogens (tertiary/aromatic N) is 2. The highest BCUT2D eigenvalue weighted by molar-refractivity contribution is 5.92. The van der Waals surface area contributed by atoms with Gasteiger partial charge in [0.05, 0.1) is 6.61 Å². The van der Waals surface area contributed by atoms with Crippen molar-refractivity contribution in [3.63, 3.8) is 0 Å². The number of carbonyl (C=O) groups is 1. The minimum absolute atomic E-state index is 0.260. The van der Waals surface area contributed by atoms with Crippen molar-refractivity contribution in [2.24, 2.45) is 0 Å². The van der Waals surface area contributed by atoms with Crippen LogP contribution < -0.4 is 5.73 Å². The van der Waals surface area contributed by atoms with Gasteiger partial charge in [0.1, 0.15) is 11.6 Å². The highest BCUT2D eigenvalue weighted by atomic mass is 16.5. The molecule has 0 spiro atoms. The van der Waals surface area contributed by atoms with E-state index in [2.05, 4.69) is 4.98 Å². The summed E-state index contributed by atoms with van der Waals surface area (Å²) in [6, 6.07) is 0.394. The third-order valence-electron chi connectivity index (χ3n) is 3.28. The maximum absolute atomic E-state index is 11.7. The summed E-state index contributed by atoms with van der Waals surface area (Å²) in [6.07, 6.45) is 4.67. The second-order valence-corrected chi connectivity index (χ2v) is 4.42. The van der Waals surface area contributed by atoms with Crippen LogP contribution in [0.15, 0.2) is 0 Å². The first-order valence-corrected chi connectivity index (χ1v) is 6.16. The van der Waals surface area contributed by atoms with E-state index >= 15 is 0 Å². The van der Waals surface area contributed by atoms with Crippen molar-refractivity contribution in [1.82, 2.24) is 9.55 Å². The lowest BCUT2D eigenvalue weighted by Crippen LogP contribution is -2.12. The molecule has 1 aromatic rings. The van der Waals surface area contributed by atoms with Crippen molar-refractivity contribution in [1.29, 1.82) is 0 Å². The number of ether oxygens (including phenoxy) is 1. The molecule has 0 bridgehead atoms. The molecule has 0 amide bonds. The SMILES string of the molecule is CCOC(=O)c1nc(C)n(C2CCCC2)c1N. The number of imidazole rings is 1. The lowest BCUT2D eigenvalue weighted by molar-refractivity contribution is 0.0521. The number of nitrogen functional groups attached to an aromatic ring is 1. The number of rotatable bonds is 3. The first-order valence-electron chi connectivity index (χ1n) is 6.16. The van der Waals surface area contributed by atoms with E-state index in [1.165, 1.54) is 12.8 Å². The number of aromatic nitrogens is 2. The van der Waals surface area contributed by atoms with Crippen molar-refractivity contribution in [2.45, 2.75) is 45.6 Å². The Bertz CT molecular complexity index is 420. The Morgan fingerprint density at radius 3 is 2.76 bits per heavy atom. The molecule has 5 nitrogen and oxygen atoms in total. The van der Waals surface area contributed by atoms with Crippen molar-refractivity contribution in [3.05, 3.63) is 11.5 Å². The lowest BCUT2D eigenvalue weighted by Gasteiger charge is -2.15. The summed E-state index contributed by atoms with van der Waals surface area (Å²) < 4.78 is 6.93. The van der Waals surface area contributed by atoms with E-state index in [0.717, 1.165) is 18.7 Å². The van der Waals surface area contributed by atoms with Gasteiger partial charge in [-0.05, 0) is 26.7 Å². The molecule has 0 aromatic carbocycles. The lowest BCUT2D eigenvalue weighted by atomic mass is 10.2. The van der Waals surface area contributed by atoms with Crippen LogP contribution in [0.1, 0.15) is 55.0 Å². The number of hydrogen-bond donors (Lipinski definition) is 1. The van der Waals surface area contributed by atoms with Gasteiger partial charge in [-0.15, -0.1) is 0 Å². The molecule has 0 saturated heterocycles. The maximum atomic E-state index is 11.7. The van der Waals surface area contributed by atoms with Gasteiger partial charge in [0.15, 0.2) is 5.69 Å². The summed E-state index contributed by atoms with van der Waals surface area (Å²) in [6.45, 7) is 4.00. The quantitative estimate of drug-likeness (QED) is 0.817. The number of aryl methyl sites for hydroxylation is 1. The molecule has 5 heteroatoms.